The molecule has 5 nitrogen and oxygen atoms in total. The summed E-state index contributed by atoms with van der Waals surface area (Å²) in [5.41, 5.74) is 3.33. The molecule has 2 aromatic carbocycles. The summed E-state index contributed by atoms with van der Waals surface area (Å²) in [4.78, 5) is 27.3. The van der Waals surface area contributed by atoms with Crippen molar-refractivity contribution >= 4 is 23.6 Å². The van der Waals surface area contributed by atoms with E-state index in [1.807, 2.05) is 38.1 Å². The SMILES string of the molecule is COc1cccc(CN(C(=O)CSCc2ccc(C)cc2)C(C)C(=O)NC(C)C)c1. The third kappa shape index (κ3) is 7.41. The molecule has 0 aromatic heterocycles. The first kappa shape index (κ1) is 23.8. The summed E-state index contributed by atoms with van der Waals surface area (Å²) < 4.78 is 5.29. The van der Waals surface area contributed by atoms with E-state index >= 15 is 0 Å². The predicted molar refractivity (Wildman–Crippen MR) is 124 cm³/mol. The molecule has 6 heteroatoms. The predicted octanol–water partition coefficient (Wildman–Crippen LogP) is 4.18. The van der Waals surface area contributed by atoms with Gasteiger partial charge in [0.2, 0.25) is 11.8 Å². The molecule has 0 saturated carbocycles. The Morgan fingerprint density at radius 2 is 1.77 bits per heavy atom. The molecule has 1 unspecified atom stereocenters. The molecule has 30 heavy (non-hydrogen) atoms. The van der Waals surface area contributed by atoms with Gasteiger partial charge >= 0.3 is 0 Å². The van der Waals surface area contributed by atoms with Gasteiger partial charge in [-0.3, -0.25) is 9.59 Å². The zero-order valence-corrected chi connectivity index (χ0v) is 19.3. The molecule has 1 N–H and O–H groups in total. The van der Waals surface area contributed by atoms with E-state index in [2.05, 4.69) is 36.5 Å². The van der Waals surface area contributed by atoms with Crippen molar-refractivity contribution in [3.63, 3.8) is 0 Å². The molecule has 162 valence electrons. The minimum absolute atomic E-state index is 0.0182. The van der Waals surface area contributed by atoms with Crippen LogP contribution in [0.5, 0.6) is 5.75 Å². The van der Waals surface area contributed by atoms with Gasteiger partial charge in [-0.2, -0.15) is 0 Å². The Balaban J connectivity index is 2.08. The molecule has 0 bridgehead atoms. The zero-order valence-electron chi connectivity index (χ0n) is 18.5. The molecule has 0 aliphatic heterocycles. The fraction of sp³-hybridized carbons (Fsp3) is 0.417. The first-order valence-corrected chi connectivity index (χ1v) is 11.3. The summed E-state index contributed by atoms with van der Waals surface area (Å²) >= 11 is 1.56. The van der Waals surface area contributed by atoms with Gasteiger partial charge in [0.25, 0.3) is 0 Å². The fourth-order valence-corrected chi connectivity index (χ4v) is 3.85. The average Bonchev–Trinajstić information content (AvgIpc) is 2.72. The number of thioether (sulfide) groups is 1. The number of rotatable bonds is 10. The third-order valence-electron chi connectivity index (χ3n) is 4.70. The zero-order chi connectivity index (χ0) is 22.1. The number of ether oxygens (including phenoxy) is 1. The summed E-state index contributed by atoms with van der Waals surface area (Å²) in [5, 5.41) is 2.91. The highest BCUT2D eigenvalue weighted by Crippen LogP contribution is 2.19. The van der Waals surface area contributed by atoms with Crippen molar-refractivity contribution in [2.45, 2.75) is 52.1 Å². The van der Waals surface area contributed by atoms with Crippen LogP contribution in [0.2, 0.25) is 0 Å². The van der Waals surface area contributed by atoms with Crippen molar-refractivity contribution < 1.29 is 14.3 Å². The lowest BCUT2D eigenvalue weighted by Crippen LogP contribution is -2.49. The van der Waals surface area contributed by atoms with Gasteiger partial charge in [-0.25, -0.2) is 0 Å². The van der Waals surface area contributed by atoms with Crippen molar-refractivity contribution in [1.29, 1.82) is 0 Å². The number of carbonyl (C=O) groups excluding carboxylic acids is 2. The molecule has 2 rings (SSSR count). The van der Waals surface area contributed by atoms with Crippen LogP contribution in [0.4, 0.5) is 0 Å². The fourth-order valence-electron chi connectivity index (χ4n) is 2.98. The lowest BCUT2D eigenvalue weighted by atomic mass is 10.1. The third-order valence-corrected chi connectivity index (χ3v) is 5.69. The normalized spacial score (nSPS) is 11.8. The molecule has 0 aliphatic rings. The second-order valence-corrected chi connectivity index (χ2v) is 8.68. The molecule has 0 spiro atoms. The Morgan fingerprint density at radius 3 is 2.40 bits per heavy atom. The van der Waals surface area contributed by atoms with E-state index in [4.69, 9.17) is 4.74 Å². The minimum atomic E-state index is -0.564. The molecular weight excluding hydrogens is 396 g/mol. The van der Waals surface area contributed by atoms with E-state index in [-0.39, 0.29) is 17.9 Å². The first-order chi connectivity index (χ1) is 14.3. The van der Waals surface area contributed by atoms with Crippen molar-refractivity contribution in [3.05, 3.63) is 65.2 Å². The number of nitrogens with zero attached hydrogens (tertiary/aromatic N) is 1. The van der Waals surface area contributed by atoms with Gasteiger partial charge in [0.15, 0.2) is 0 Å². The maximum atomic E-state index is 13.1. The Kier molecular flexibility index (Phi) is 9.24. The van der Waals surface area contributed by atoms with Crippen LogP contribution >= 0.6 is 11.8 Å². The second kappa shape index (κ2) is 11.6. The Morgan fingerprint density at radius 1 is 1.07 bits per heavy atom. The Labute approximate surface area is 184 Å². The maximum Gasteiger partial charge on any atom is 0.242 e. The molecule has 2 aromatic rings. The summed E-state index contributed by atoms with van der Waals surface area (Å²) in [6, 6.07) is 15.4. The van der Waals surface area contributed by atoms with E-state index in [0.717, 1.165) is 17.1 Å². The molecule has 2 amide bonds. The highest BCUT2D eigenvalue weighted by atomic mass is 32.2. The Hall–Kier alpha value is -2.47. The van der Waals surface area contributed by atoms with Crippen molar-refractivity contribution in [2.75, 3.05) is 12.9 Å². The molecule has 0 heterocycles. The summed E-state index contributed by atoms with van der Waals surface area (Å²) in [6.45, 7) is 8.02. The van der Waals surface area contributed by atoms with Crippen LogP contribution in [0, 0.1) is 6.92 Å². The number of benzene rings is 2. The molecule has 0 radical (unpaired) electrons. The Bertz CT molecular complexity index is 837. The summed E-state index contributed by atoms with van der Waals surface area (Å²) in [6.07, 6.45) is 0. The topological polar surface area (TPSA) is 58.6 Å². The summed E-state index contributed by atoms with van der Waals surface area (Å²) in [7, 11) is 1.61. The molecule has 0 aliphatic carbocycles. The van der Waals surface area contributed by atoms with E-state index in [9.17, 15) is 9.59 Å². The van der Waals surface area contributed by atoms with Gasteiger partial charge in [0.05, 0.1) is 12.9 Å². The smallest absolute Gasteiger partial charge is 0.242 e. The van der Waals surface area contributed by atoms with Gasteiger partial charge in [0.1, 0.15) is 11.8 Å². The minimum Gasteiger partial charge on any atom is -0.497 e. The van der Waals surface area contributed by atoms with Gasteiger partial charge in [-0.15, -0.1) is 11.8 Å². The number of carbonyl (C=O) groups is 2. The van der Waals surface area contributed by atoms with E-state index in [1.54, 1.807) is 30.7 Å². The van der Waals surface area contributed by atoms with Crippen molar-refractivity contribution in [1.82, 2.24) is 10.2 Å². The number of hydrogen-bond acceptors (Lipinski definition) is 4. The second-order valence-electron chi connectivity index (χ2n) is 7.69. The standard InChI is InChI=1S/C24H32N2O3S/c1-17(2)25-24(28)19(4)26(14-21-7-6-8-22(13-21)29-5)23(27)16-30-15-20-11-9-18(3)10-12-20/h6-13,17,19H,14-16H2,1-5H3,(H,25,28). The summed E-state index contributed by atoms with van der Waals surface area (Å²) in [5.74, 6) is 1.60. The van der Waals surface area contributed by atoms with E-state index in [1.165, 1.54) is 11.1 Å². The van der Waals surface area contributed by atoms with Gasteiger partial charge in [0, 0.05) is 18.3 Å². The lowest BCUT2D eigenvalue weighted by molar-refractivity contribution is -0.138. The number of amides is 2. The van der Waals surface area contributed by atoms with Crippen molar-refractivity contribution in [3.8, 4) is 5.75 Å². The number of nitrogens with one attached hydrogen (secondary N) is 1. The first-order valence-electron chi connectivity index (χ1n) is 10.2. The highest BCUT2D eigenvalue weighted by Gasteiger charge is 2.26. The molecule has 0 saturated heterocycles. The van der Waals surface area contributed by atoms with E-state index < -0.39 is 6.04 Å². The molecule has 0 fully saturated rings. The number of methoxy groups -OCH3 is 1. The van der Waals surface area contributed by atoms with Crippen LogP contribution in [-0.4, -0.2) is 41.7 Å². The maximum absolute atomic E-state index is 13.1. The highest BCUT2D eigenvalue weighted by molar-refractivity contribution is 7.99. The van der Waals surface area contributed by atoms with Crippen LogP contribution in [0.25, 0.3) is 0 Å². The van der Waals surface area contributed by atoms with Crippen molar-refractivity contribution in [2.24, 2.45) is 0 Å². The van der Waals surface area contributed by atoms with Crippen LogP contribution < -0.4 is 10.1 Å². The van der Waals surface area contributed by atoms with Crippen LogP contribution in [0.15, 0.2) is 48.5 Å². The number of aryl methyl sites for hydroxylation is 1. The average molecular weight is 429 g/mol. The van der Waals surface area contributed by atoms with Crippen LogP contribution in [-0.2, 0) is 21.9 Å². The van der Waals surface area contributed by atoms with E-state index in [0.29, 0.717) is 12.3 Å². The van der Waals surface area contributed by atoms with Gasteiger partial charge in [-0.05, 0) is 51.0 Å². The lowest BCUT2D eigenvalue weighted by Gasteiger charge is -2.29. The van der Waals surface area contributed by atoms with Crippen LogP contribution in [0.3, 0.4) is 0 Å². The quantitative estimate of drug-likeness (QED) is 0.617. The largest absolute Gasteiger partial charge is 0.497 e. The van der Waals surface area contributed by atoms with Gasteiger partial charge in [-0.1, -0.05) is 42.0 Å². The number of hydrogen-bond donors (Lipinski definition) is 1. The monoisotopic (exact) mass is 428 g/mol. The van der Waals surface area contributed by atoms with Gasteiger partial charge < -0.3 is 15.0 Å². The van der Waals surface area contributed by atoms with Crippen LogP contribution in [0.1, 0.15) is 37.5 Å². The molecule has 1 atom stereocenters. The molecular formula is C24H32N2O3S.